The van der Waals surface area contributed by atoms with Crippen molar-refractivity contribution in [2.24, 2.45) is 0 Å². The maximum Gasteiger partial charge on any atom is 0.257 e. The highest BCUT2D eigenvalue weighted by molar-refractivity contribution is 9.10. The van der Waals surface area contributed by atoms with E-state index < -0.39 is 0 Å². The number of nitrogens with zero attached hydrogens (tertiary/aromatic N) is 4. The van der Waals surface area contributed by atoms with Gasteiger partial charge in [-0.1, -0.05) is 26.7 Å². The number of unbranched alkanes of at least 4 members (excludes halogenated alkanes) is 2. The number of aryl methyl sites for hydroxylation is 2. The fourth-order valence-electron chi connectivity index (χ4n) is 2.82. The Hall–Kier alpha value is -1.89. The molecule has 0 aliphatic heterocycles. The van der Waals surface area contributed by atoms with E-state index in [0.29, 0.717) is 18.3 Å². The minimum atomic E-state index is 0.573. The Balaban J connectivity index is 2.46. The van der Waals surface area contributed by atoms with Crippen LogP contribution in [-0.2, 0) is 6.42 Å². The lowest BCUT2D eigenvalue weighted by atomic mass is 10.1. The van der Waals surface area contributed by atoms with Crippen molar-refractivity contribution in [2.45, 2.75) is 46.5 Å². The van der Waals surface area contributed by atoms with Crippen molar-refractivity contribution in [1.82, 2.24) is 15.0 Å². The van der Waals surface area contributed by atoms with Crippen LogP contribution in [0.1, 0.15) is 44.5 Å². The van der Waals surface area contributed by atoms with Crippen LogP contribution in [0.15, 0.2) is 10.5 Å². The second kappa shape index (κ2) is 9.88. The fraction of sp³-hybridized carbons (Fsp3) is 0.550. The van der Waals surface area contributed by atoms with E-state index in [0.717, 1.165) is 58.6 Å². The van der Waals surface area contributed by atoms with Crippen LogP contribution >= 0.6 is 15.9 Å². The van der Waals surface area contributed by atoms with Gasteiger partial charge in [0.05, 0.1) is 22.5 Å². The molecule has 0 saturated heterocycles. The third-order valence-corrected chi connectivity index (χ3v) is 4.90. The Morgan fingerprint density at radius 2 is 1.89 bits per heavy atom. The maximum absolute atomic E-state index is 5.90. The normalized spacial score (nSPS) is 10.8. The predicted octanol–water partition coefficient (Wildman–Crippen LogP) is 4.85. The minimum Gasteiger partial charge on any atom is -0.475 e. The Morgan fingerprint density at radius 3 is 2.48 bits per heavy atom. The van der Waals surface area contributed by atoms with E-state index in [4.69, 9.17) is 19.7 Å². The first-order valence-electron chi connectivity index (χ1n) is 9.49. The molecule has 0 bridgehead atoms. The molecule has 0 amide bonds. The highest BCUT2D eigenvalue weighted by Gasteiger charge is 2.18. The topological polar surface area (TPSA) is 63.2 Å². The smallest absolute Gasteiger partial charge is 0.257 e. The maximum atomic E-state index is 5.90. The van der Waals surface area contributed by atoms with E-state index in [2.05, 4.69) is 41.2 Å². The number of rotatable bonds is 9. The summed E-state index contributed by atoms with van der Waals surface area (Å²) in [4.78, 5) is 16.3. The molecule has 2 aromatic heterocycles. The zero-order chi connectivity index (χ0) is 20.0. The molecule has 0 aliphatic carbocycles. The van der Waals surface area contributed by atoms with E-state index in [1.165, 1.54) is 0 Å². The number of aromatic nitrogens is 3. The largest absolute Gasteiger partial charge is 0.475 e. The van der Waals surface area contributed by atoms with Gasteiger partial charge in [0.15, 0.2) is 5.82 Å². The van der Waals surface area contributed by atoms with Crippen molar-refractivity contribution in [3.8, 4) is 17.1 Å². The average molecular weight is 436 g/mol. The van der Waals surface area contributed by atoms with Crippen LogP contribution in [0.5, 0.6) is 5.88 Å². The molecule has 0 fully saturated rings. The first-order chi connectivity index (χ1) is 12.9. The molecule has 7 heteroatoms. The quantitative estimate of drug-likeness (QED) is 0.567. The van der Waals surface area contributed by atoms with Crippen LogP contribution in [0, 0.1) is 6.92 Å². The highest BCUT2D eigenvalue weighted by Crippen LogP contribution is 2.34. The first-order valence-corrected chi connectivity index (χ1v) is 10.3. The molecule has 0 radical (unpaired) electrons. The minimum absolute atomic E-state index is 0.573. The van der Waals surface area contributed by atoms with Gasteiger partial charge in [-0.05, 0) is 41.8 Å². The van der Waals surface area contributed by atoms with Crippen LogP contribution in [0.25, 0.3) is 11.3 Å². The molecule has 2 aromatic rings. The number of ether oxygens (including phenoxy) is 1. The SMILES string of the molecule is CCCCCOc1nc(CC)c(-c2cc(Br)c(N(C)C)nc2C)nc1NC. The van der Waals surface area contributed by atoms with E-state index in [9.17, 15) is 0 Å². The third kappa shape index (κ3) is 5.09. The molecule has 0 unspecified atom stereocenters. The lowest BCUT2D eigenvalue weighted by Gasteiger charge is -2.18. The van der Waals surface area contributed by atoms with Crippen LogP contribution < -0.4 is 15.0 Å². The summed E-state index contributed by atoms with van der Waals surface area (Å²) >= 11 is 3.63. The van der Waals surface area contributed by atoms with Gasteiger partial charge in [0.2, 0.25) is 0 Å². The number of pyridine rings is 1. The number of nitrogens with one attached hydrogen (secondary N) is 1. The number of hydrogen-bond acceptors (Lipinski definition) is 6. The van der Waals surface area contributed by atoms with Gasteiger partial charge in [-0.25, -0.2) is 15.0 Å². The molecule has 0 atom stereocenters. The van der Waals surface area contributed by atoms with Crippen molar-refractivity contribution in [3.05, 3.63) is 21.9 Å². The van der Waals surface area contributed by atoms with E-state index >= 15 is 0 Å². The molecule has 6 nitrogen and oxygen atoms in total. The third-order valence-electron chi connectivity index (χ3n) is 4.32. The molecule has 0 spiro atoms. The number of anilines is 2. The van der Waals surface area contributed by atoms with Gasteiger partial charge in [-0.3, -0.25) is 0 Å². The first kappa shape index (κ1) is 21.4. The molecular formula is C20H30BrN5O. The predicted molar refractivity (Wildman–Crippen MR) is 116 cm³/mol. The van der Waals surface area contributed by atoms with Crippen molar-refractivity contribution >= 4 is 27.6 Å². The molecule has 27 heavy (non-hydrogen) atoms. The van der Waals surface area contributed by atoms with E-state index in [-0.39, 0.29) is 0 Å². The average Bonchev–Trinajstić information content (AvgIpc) is 2.66. The fourth-order valence-corrected chi connectivity index (χ4v) is 3.49. The van der Waals surface area contributed by atoms with Gasteiger partial charge >= 0.3 is 0 Å². The molecule has 0 saturated carbocycles. The molecule has 0 aliphatic rings. The summed E-state index contributed by atoms with van der Waals surface area (Å²) in [6.07, 6.45) is 4.10. The van der Waals surface area contributed by atoms with Crippen LogP contribution in [0.3, 0.4) is 0 Å². The summed E-state index contributed by atoms with van der Waals surface area (Å²) in [5, 5.41) is 3.12. The van der Waals surface area contributed by atoms with E-state index in [1.54, 1.807) is 0 Å². The zero-order valence-corrected chi connectivity index (χ0v) is 18.8. The summed E-state index contributed by atoms with van der Waals surface area (Å²) in [6, 6.07) is 2.07. The van der Waals surface area contributed by atoms with Crippen molar-refractivity contribution in [3.63, 3.8) is 0 Å². The lowest BCUT2D eigenvalue weighted by Crippen LogP contribution is -2.13. The summed E-state index contributed by atoms with van der Waals surface area (Å²) in [6.45, 7) is 6.92. The molecule has 2 rings (SSSR count). The second-order valence-corrected chi connectivity index (χ2v) is 7.51. The Kier molecular flexibility index (Phi) is 7.83. The van der Waals surface area contributed by atoms with E-state index in [1.807, 2.05) is 33.0 Å². The summed E-state index contributed by atoms with van der Waals surface area (Å²) in [7, 11) is 5.80. The van der Waals surface area contributed by atoms with Gasteiger partial charge in [0.25, 0.3) is 5.88 Å². The Morgan fingerprint density at radius 1 is 1.15 bits per heavy atom. The van der Waals surface area contributed by atoms with Crippen LogP contribution in [0.4, 0.5) is 11.6 Å². The molecule has 0 aromatic carbocycles. The summed E-state index contributed by atoms with van der Waals surface area (Å²) in [5.41, 5.74) is 3.66. The van der Waals surface area contributed by atoms with Crippen LogP contribution in [0.2, 0.25) is 0 Å². The van der Waals surface area contributed by atoms with Crippen molar-refractivity contribution in [1.29, 1.82) is 0 Å². The zero-order valence-electron chi connectivity index (χ0n) is 17.2. The van der Waals surface area contributed by atoms with Gasteiger partial charge < -0.3 is 15.0 Å². The standard InChI is InChI=1S/C20H30BrN5O/c1-7-9-10-11-27-20-18(22-4)25-17(16(8-2)24-20)14-12-15(21)19(26(5)6)23-13(14)3/h12H,7-11H2,1-6H3,(H,22,25). The Bertz CT molecular complexity index is 779. The number of hydrogen-bond donors (Lipinski definition) is 1. The Labute approximate surface area is 170 Å². The summed E-state index contributed by atoms with van der Waals surface area (Å²) < 4.78 is 6.83. The molecule has 1 N–H and O–H groups in total. The van der Waals surface area contributed by atoms with Gasteiger partial charge in [-0.15, -0.1) is 0 Å². The molecule has 148 valence electrons. The second-order valence-electron chi connectivity index (χ2n) is 6.65. The van der Waals surface area contributed by atoms with Gasteiger partial charge in [0.1, 0.15) is 5.82 Å². The van der Waals surface area contributed by atoms with Gasteiger partial charge in [-0.2, -0.15) is 0 Å². The monoisotopic (exact) mass is 435 g/mol. The van der Waals surface area contributed by atoms with Crippen LogP contribution in [-0.4, -0.2) is 42.7 Å². The van der Waals surface area contributed by atoms with Crippen molar-refractivity contribution in [2.75, 3.05) is 38.0 Å². The number of halogens is 1. The molecule has 2 heterocycles. The van der Waals surface area contributed by atoms with Crippen molar-refractivity contribution < 1.29 is 4.74 Å². The summed E-state index contributed by atoms with van der Waals surface area (Å²) in [5.74, 6) is 2.13. The molecular weight excluding hydrogens is 406 g/mol. The lowest BCUT2D eigenvalue weighted by molar-refractivity contribution is 0.294. The van der Waals surface area contributed by atoms with Gasteiger partial charge in [0, 0.05) is 32.4 Å². The highest BCUT2D eigenvalue weighted by atomic mass is 79.9.